The Kier molecular flexibility index (Phi) is 5.57. The lowest BCUT2D eigenvalue weighted by molar-refractivity contribution is -0.297. The van der Waals surface area contributed by atoms with Crippen LogP contribution in [0.15, 0.2) is 54.6 Å². The van der Waals surface area contributed by atoms with Gasteiger partial charge in [-0.3, -0.25) is 0 Å². The van der Waals surface area contributed by atoms with E-state index in [-0.39, 0.29) is 12.6 Å². The summed E-state index contributed by atoms with van der Waals surface area (Å²) in [6.07, 6.45) is -11.5. The highest BCUT2D eigenvalue weighted by molar-refractivity contribution is 5.90. The summed E-state index contributed by atoms with van der Waals surface area (Å²) >= 11 is 0. The predicted molar refractivity (Wildman–Crippen MR) is 85.6 cm³/mol. The molecule has 4 nitrogen and oxygen atoms in total. The fourth-order valence-corrected chi connectivity index (χ4v) is 1.92. The normalized spacial score (nSPS) is 12.4. The number of carbonyl (C=O) groups is 1. The van der Waals surface area contributed by atoms with Crippen LogP contribution in [0.5, 0.6) is 11.5 Å². The Morgan fingerprint density at radius 2 is 1.30 bits per heavy atom. The third-order valence-electron chi connectivity index (χ3n) is 3.59. The first-order valence-electron chi connectivity index (χ1n) is 7.48. The molecule has 2 rings (SSSR count). The molecule has 0 fully saturated rings. The molecule has 0 saturated carbocycles. The van der Waals surface area contributed by atoms with E-state index in [0.29, 0.717) is 11.5 Å². The fourth-order valence-electron chi connectivity index (χ4n) is 1.92. The van der Waals surface area contributed by atoms with Crippen molar-refractivity contribution in [1.29, 1.82) is 0 Å². The molecule has 0 aliphatic heterocycles. The number of halogens is 6. The van der Waals surface area contributed by atoms with Gasteiger partial charge < -0.3 is 15.4 Å². The summed E-state index contributed by atoms with van der Waals surface area (Å²) in [7, 11) is 0. The molecule has 0 aliphatic carbocycles. The molecule has 0 saturated heterocycles. The van der Waals surface area contributed by atoms with Gasteiger partial charge in [0.1, 0.15) is 11.5 Å². The van der Waals surface area contributed by atoms with Gasteiger partial charge in [-0.15, -0.1) is 0 Å². The van der Waals surface area contributed by atoms with Crippen molar-refractivity contribution in [3.63, 3.8) is 0 Å². The number of para-hydroxylation sites is 1. The maximum atomic E-state index is 12.8. The maximum Gasteiger partial charge on any atom is 0.420 e. The van der Waals surface area contributed by atoms with Crippen LogP contribution >= 0.6 is 0 Å². The van der Waals surface area contributed by atoms with E-state index in [1.165, 1.54) is 24.3 Å². The summed E-state index contributed by atoms with van der Waals surface area (Å²) in [6.45, 7) is -0.149. The lowest BCUT2D eigenvalue weighted by Gasteiger charge is -2.34. The third kappa shape index (κ3) is 4.83. The highest BCUT2D eigenvalue weighted by Crippen LogP contribution is 2.42. The lowest BCUT2D eigenvalue weighted by atomic mass is 10.0. The number of urea groups is 1. The minimum atomic E-state index is -5.73. The van der Waals surface area contributed by atoms with Crippen molar-refractivity contribution in [2.24, 2.45) is 0 Å². The molecule has 0 radical (unpaired) electrons. The molecule has 2 N–H and O–H groups in total. The molecule has 10 heteroatoms. The number of amides is 2. The van der Waals surface area contributed by atoms with Crippen molar-refractivity contribution in [1.82, 2.24) is 5.32 Å². The smallest absolute Gasteiger partial charge is 0.420 e. The summed E-state index contributed by atoms with van der Waals surface area (Å²) < 4.78 is 82.2. The van der Waals surface area contributed by atoms with Gasteiger partial charge in [0.25, 0.3) is 0 Å². The van der Waals surface area contributed by atoms with E-state index < -0.39 is 23.9 Å². The van der Waals surface area contributed by atoms with Gasteiger partial charge in [0.05, 0.1) is 0 Å². The molecule has 0 spiro atoms. The average Bonchev–Trinajstić information content (AvgIpc) is 2.55. The van der Waals surface area contributed by atoms with Gasteiger partial charge >= 0.3 is 18.4 Å². The van der Waals surface area contributed by atoms with E-state index >= 15 is 0 Å². The number of nitrogens with one attached hydrogen (secondary N) is 2. The monoisotopic (exact) mass is 392 g/mol. The van der Waals surface area contributed by atoms with E-state index in [0.717, 1.165) is 5.32 Å². The Hall–Kier alpha value is -2.91. The fraction of sp³-hybridized carbons (Fsp3) is 0.235. The lowest BCUT2D eigenvalue weighted by Crippen LogP contribution is -2.66. The Morgan fingerprint density at radius 1 is 0.815 bits per heavy atom. The van der Waals surface area contributed by atoms with Crippen LogP contribution in [-0.2, 0) is 0 Å². The van der Waals surface area contributed by atoms with E-state index in [9.17, 15) is 31.1 Å². The van der Waals surface area contributed by atoms with Crippen LogP contribution in [0.3, 0.4) is 0 Å². The van der Waals surface area contributed by atoms with Crippen molar-refractivity contribution in [3.05, 3.63) is 54.6 Å². The largest absolute Gasteiger partial charge is 0.457 e. The van der Waals surface area contributed by atoms with Crippen LogP contribution in [0.1, 0.15) is 6.92 Å². The van der Waals surface area contributed by atoms with E-state index in [1.807, 2.05) is 5.32 Å². The van der Waals surface area contributed by atoms with Crippen LogP contribution in [-0.4, -0.2) is 23.9 Å². The van der Waals surface area contributed by atoms with E-state index in [2.05, 4.69) is 0 Å². The van der Waals surface area contributed by atoms with Gasteiger partial charge in [0, 0.05) is 5.69 Å². The van der Waals surface area contributed by atoms with Gasteiger partial charge in [-0.2, -0.15) is 26.3 Å². The number of hydrogen-bond acceptors (Lipinski definition) is 2. The Labute approximate surface area is 150 Å². The highest BCUT2D eigenvalue weighted by Gasteiger charge is 2.68. The average molecular weight is 392 g/mol. The SMILES string of the molecule is CC(NC(=O)Nc1ccc(Oc2ccccc2)cc1)(C(F)(F)F)C(F)(F)F. The maximum absolute atomic E-state index is 12.8. The molecular weight excluding hydrogens is 378 g/mol. The number of rotatable bonds is 4. The molecule has 0 bridgehead atoms. The van der Waals surface area contributed by atoms with E-state index in [4.69, 9.17) is 4.74 Å². The minimum Gasteiger partial charge on any atom is -0.457 e. The van der Waals surface area contributed by atoms with Crippen LogP contribution in [0.4, 0.5) is 36.8 Å². The molecule has 0 unspecified atom stereocenters. The van der Waals surface area contributed by atoms with Crippen LogP contribution in [0.2, 0.25) is 0 Å². The minimum absolute atomic E-state index is 0.0142. The number of benzene rings is 2. The number of hydrogen-bond donors (Lipinski definition) is 2. The molecule has 27 heavy (non-hydrogen) atoms. The zero-order chi connectivity index (χ0) is 20.3. The third-order valence-corrected chi connectivity index (χ3v) is 3.59. The zero-order valence-electron chi connectivity index (χ0n) is 13.8. The van der Waals surface area contributed by atoms with Crippen LogP contribution in [0, 0.1) is 0 Å². The van der Waals surface area contributed by atoms with Crippen LogP contribution in [0.25, 0.3) is 0 Å². The zero-order valence-corrected chi connectivity index (χ0v) is 13.8. The summed E-state index contributed by atoms with van der Waals surface area (Å²) in [5.41, 5.74) is -4.40. The predicted octanol–water partition coefficient (Wildman–Crippen LogP) is 5.48. The van der Waals surface area contributed by atoms with Crippen molar-refractivity contribution in [2.45, 2.75) is 24.8 Å². The summed E-state index contributed by atoms with van der Waals surface area (Å²) in [5, 5.41) is 2.87. The quantitative estimate of drug-likeness (QED) is 0.677. The van der Waals surface area contributed by atoms with Crippen molar-refractivity contribution in [3.8, 4) is 11.5 Å². The highest BCUT2D eigenvalue weighted by atomic mass is 19.4. The Balaban J connectivity index is 2.05. The second kappa shape index (κ2) is 7.37. The second-order valence-electron chi connectivity index (χ2n) is 5.64. The van der Waals surface area contributed by atoms with Gasteiger partial charge in [0.2, 0.25) is 5.54 Å². The number of alkyl halides is 6. The summed E-state index contributed by atoms with van der Waals surface area (Å²) in [4.78, 5) is 11.6. The van der Waals surface area contributed by atoms with Gasteiger partial charge in [-0.25, -0.2) is 4.79 Å². The molecule has 0 aliphatic rings. The van der Waals surface area contributed by atoms with Gasteiger partial charge in [-0.1, -0.05) is 18.2 Å². The first-order valence-corrected chi connectivity index (χ1v) is 7.48. The molecule has 2 aromatic rings. The molecule has 0 aromatic heterocycles. The standard InChI is InChI=1S/C17H14F6N2O2/c1-15(16(18,19)20,17(21,22)23)25-14(26)24-11-7-9-13(10-8-11)27-12-5-3-2-4-6-12/h2-10H,1H3,(H2,24,25,26). The molecule has 0 heterocycles. The topological polar surface area (TPSA) is 50.4 Å². The second-order valence-corrected chi connectivity index (χ2v) is 5.64. The molecule has 146 valence electrons. The Bertz CT molecular complexity index is 759. The van der Waals surface area contributed by atoms with Crippen molar-refractivity contribution < 1.29 is 35.9 Å². The van der Waals surface area contributed by atoms with Gasteiger partial charge in [-0.05, 0) is 43.3 Å². The van der Waals surface area contributed by atoms with Crippen molar-refractivity contribution >= 4 is 11.7 Å². The summed E-state index contributed by atoms with van der Waals surface area (Å²) in [5.74, 6) is 0.893. The Morgan fingerprint density at radius 3 is 1.78 bits per heavy atom. The van der Waals surface area contributed by atoms with E-state index in [1.54, 1.807) is 30.3 Å². The number of ether oxygens (including phenoxy) is 1. The summed E-state index contributed by atoms with van der Waals surface area (Å²) in [6, 6.07) is 12.3. The first kappa shape index (κ1) is 20.4. The van der Waals surface area contributed by atoms with Crippen molar-refractivity contribution in [2.75, 3.05) is 5.32 Å². The molecular formula is C17H14F6N2O2. The molecule has 2 amide bonds. The van der Waals surface area contributed by atoms with Gasteiger partial charge in [0.15, 0.2) is 0 Å². The molecule has 2 aromatic carbocycles. The number of carbonyl (C=O) groups excluding carboxylic acids is 1. The first-order chi connectivity index (χ1) is 12.4. The molecule has 0 atom stereocenters. The number of anilines is 1. The van der Waals surface area contributed by atoms with Crippen LogP contribution < -0.4 is 15.4 Å².